The van der Waals surface area contributed by atoms with Crippen molar-refractivity contribution in [2.24, 2.45) is 0 Å². The topological polar surface area (TPSA) is 92.4 Å². The van der Waals surface area contributed by atoms with E-state index in [-0.39, 0.29) is 11.3 Å². The Hall–Kier alpha value is -1.39. The summed E-state index contributed by atoms with van der Waals surface area (Å²) >= 11 is 0. The zero-order valence-electron chi connectivity index (χ0n) is 10.2. The van der Waals surface area contributed by atoms with Gasteiger partial charge in [0.2, 0.25) is 10.0 Å². The third-order valence-electron chi connectivity index (χ3n) is 2.38. The van der Waals surface area contributed by atoms with Gasteiger partial charge in [0.25, 0.3) is 0 Å². The number of rotatable bonds is 4. The molecule has 5 nitrogen and oxygen atoms in total. The Morgan fingerprint density at radius 1 is 1.40 bits per heavy atom. The zero-order valence-corrected chi connectivity index (χ0v) is 11.0. The van der Waals surface area contributed by atoms with Gasteiger partial charge in [-0.15, -0.1) is 0 Å². The van der Waals surface area contributed by atoms with Crippen LogP contribution in [0.5, 0.6) is 0 Å². The van der Waals surface area contributed by atoms with Gasteiger partial charge in [-0.1, -0.05) is 0 Å². The van der Waals surface area contributed by atoms with Crippen molar-refractivity contribution in [2.45, 2.75) is 24.1 Å². The van der Waals surface area contributed by atoms with Crippen molar-refractivity contribution in [1.29, 1.82) is 0 Å². The molecule has 0 bridgehead atoms. The standard InChI is InChI=1S/C10H12F4N2O3S/c1-5-2-6(15)3-7(9(5)11)20(18,19)16-4-8(17)10(12,13)14/h2-3,8,16-17H,4,15H2,1H3. The Balaban J connectivity index is 3.02. The molecule has 114 valence electrons. The van der Waals surface area contributed by atoms with E-state index in [0.29, 0.717) is 0 Å². The van der Waals surface area contributed by atoms with Crippen LogP contribution in [0, 0.1) is 12.7 Å². The van der Waals surface area contributed by atoms with Crippen molar-refractivity contribution in [3.63, 3.8) is 0 Å². The fourth-order valence-corrected chi connectivity index (χ4v) is 2.56. The average molecular weight is 316 g/mol. The molecular formula is C10H12F4N2O3S. The second-order valence-corrected chi connectivity index (χ2v) is 5.79. The van der Waals surface area contributed by atoms with Gasteiger partial charge in [-0.3, -0.25) is 0 Å². The Bertz CT molecular complexity index is 601. The predicted molar refractivity (Wildman–Crippen MR) is 62.8 cm³/mol. The summed E-state index contributed by atoms with van der Waals surface area (Å²) in [6.45, 7) is -0.0611. The quantitative estimate of drug-likeness (QED) is 0.569. The maximum atomic E-state index is 13.7. The van der Waals surface area contributed by atoms with E-state index in [1.54, 1.807) is 0 Å². The number of alkyl halides is 3. The smallest absolute Gasteiger partial charge is 0.399 e. The summed E-state index contributed by atoms with van der Waals surface area (Å²) in [5.74, 6) is -1.12. The highest BCUT2D eigenvalue weighted by Gasteiger charge is 2.39. The molecule has 0 aliphatic carbocycles. The van der Waals surface area contributed by atoms with Crippen LogP contribution >= 0.6 is 0 Å². The molecular weight excluding hydrogens is 304 g/mol. The first kappa shape index (κ1) is 16.7. The summed E-state index contributed by atoms with van der Waals surface area (Å²) in [6, 6.07) is 1.96. The maximum absolute atomic E-state index is 13.7. The van der Waals surface area contributed by atoms with E-state index < -0.39 is 39.6 Å². The molecule has 1 atom stereocenters. The van der Waals surface area contributed by atoms with Gasteiger partial charge in [-0.2, -0.15) is 13.2 Å². The fourth-order valence-electron chi connectivity index (χ4n) is 1.34. The minimum Gasteiger partial charge on any atom is -0.399 e. The predicted octanol–water partition coefficient (Wildman–Crippen LogP) is 0.918. The van der Waals surface area contributed by atoms with Crippen LogP contribution in [-0.2, 0) is 10.0 Å². The molecule has 4 N–H and O–H groups in total. The molecule has 0 saturated carbocycles. The van der Waals surface area contributed by atoms with E-state index in [1.807, 2.05) is 0 Å². The number of anilines is 1. The Kier molecular flexibility index (Phi) is 4.62. The molecule has 0 aliphatic rings. The van der Waals surface area contributed by atoms with Gasteiger partial charge in [-0.05, 0) is 24.6 Å². The van der Waals surface area contributed by atoms with E-state index in [1.165, 1.54) is 17.7 Å². The summed E-state index contributed by atoms with van der Waals surface area (Å²) in [7, 11) is -4.56. The number of nitrogens with one attached hydrogen (secondary N) is 1. The molecule has 0 amide bonds. The van der Waals surface area contributed by atoms with Crippen LogP contribution in [-0.4, -0.2) is 32.3 Å². The van der Waals surface area contributed by atoms with Crippen molar-refractivity contribution in [1.82, 2.24) is 4.72 Å². The lowest BCUT2D eigenvalue weighted by molar-refractivity contribution is -0.200. The lowest BCUT2D eigenvalue weighted by Crippen LogP contribution is -2.40. The SMILES string of the molecule is Cc1cc(N)cc(S(=O)(=O)NCC(O)C(F)(F)F)c1F. The number of benzene rings is 1. The van der Waals surface area contributed by atoms with Crippen LogP contribution < -0.4 is 10.5 Å². The van der Waals surface area contributed by atoms with Gasteiger partial charge in [0.1, 0.15) is 10.7 Å². The summed E-state index contributed by atoms with van der Waals surface area (Å²) in [6.07, 6.45) is -7.87. The van der Waals surface area contributed by atoms with Crippen molar-refractivity contribution < 1.29 is 31.1 Å². The lowest BCUT2D eigenvalue weighted by atomic mass is 10.2. The van der Waals surface area contributed by atoms with E-state index >= 15 is 0 Å². The van der Waals surface area contributed by atoms with Gasteiger partial charge in [0.15, 0.2) is 6.10 Å². The molecule has 20 heavy (non-hydrogen) atoms. The van der Waals surface area contributed by atoms with E-state index in [2.05, 4.69) is 0 Å². The molecule has 1 aromatic rings. The second-order valence-electron chi connectivity index (χ2n) is 4.06. The second kappa shape index (κ2) is 5.54. The molecule has 0 spiro atoms. The number of hydrogen-bond acceptors (Lipinski definition) is 4. The summed E-state index contributed by atoms with van der Waals surface area (Å²) < 4.78 is 74.7. The first-order valence-corrected chi connectivity index (χ1v) is 6.73. The fraction of sp³-hybridized carbons (Fsp3) is 0.400. The third kappa shape index (κ3) is 3.81. The van der Waals surface area contributed by atoms with E-state index in [0.717, 1.165) is 6.07 Å². The summed E-state index contributed by atoms with van der Waals surface area (Å²) in [4.78, 5) is -0.871. The number of halogens is 4. The first-order chi connectivity index (χ1) is 8.95. The number of nitrogen functional groups attached to an aromatic ring is 1. The lowest BCUT2D eigenvalue weighted by Gasteiger charge is -2.16. The van der Waals surface area contributed by atoms with Crippen LogP contribution in [0.15, 0.2) is 17.0 Å². The molecule has 1 aromatic carbocycles. The van der Waals surface area contributed by atoms with Gasteiger partial charge in [-0.25, -0.2) is 17.5 Å². The minimum atomic E-state index is -4.98. The highest BCUT2D eigenvalue weighted by atomic mass is 32.2. The number of aryl methyl sites for hydroxylation is 1. The van der Waals surface area contributed by atoms with Gasteiger partial charge in [0.05, 0.1) is 0 Å². The van der Waals surface area contributed by atoms with Crippen molar-refractivity contribution in [3.05, 3.63) is 23.5 Å². The molecule has 0 fully saturated rings. The highest BCUT2D eigenvalue weighted by molar-refractivity contribution is 7.89. The van der Waals surface area contributed by atoms with Crippen LogP contribution in [0.1, 0.15) is 5.56 Å². The number of aliphatic hydroxyl groups is 1. The molecule has 0 saturated heterocycles. The van der Waals surface area contributed by atoms with Crippen molar-refractivity contribution >= 4 is 15.7 Å². The van der Waals surface area contributed by atoms with Crippen LogP contribution in [0.25, 0.3) is 0 Å². The van der Waals surface area contributed by atoms with E-state index in [9.17, 15) is 26.0 Å². The normalized spacial score (nSPS) is 14.3. The van der Waals surface area contributed by atoms with Crippen LogP contribution in [0.3, 0.4) is 0 Å². The molecule has 1 unspecified atom stereocenters. The monoisotopic (exact) mass is 316 g/mol. The molecule has 0 aromatic heterocycles. The van der Waals surface area contributed by atoms with Gasteiger partial charge in [0, 0.05) is 12.2 Å². The Morgan fingerprint density at radius 2 is 1.95 bits per heavy atom. The molecule has 0 radical (unpaired) electrons. The molecule has 1 rings (SSSR count). The highest BCUT2D eigenvalue weighted by Crippen LogP contribution is 2.23. The summed E-state index contributed by atoms with van der Waals surface area (Å²) in [5.41, 5.74) is 5.24. The number of nitrogens with two attached hydrogens (primary N) is 1. The maximum Gasteiger partial charge on any atom is 0.415 e. The van der Waals surface area contributed by atoms with Crippen LogP contribution in [0.2, 0.25) is 0 Å². The molecule has 0 heterocycles. The zero-order chi connectivity index (χ0) is 15.7. The average Bonchev–Trinajstić information content (AvgIpc) is 2.29. The third-order valence-corrected chi connectivity index (χ3v) is 3.80. The summed E-state index contributed by atoms with van der Waals surface area (Å²) in [5, 5.41) is 8.70. The number of sulfonamides is 1. The minimum absolute atomic E-state index is 0.0550. The Morgan fingerprint density at radius 3 is 2.45 bits per heavy atom. The molecule has 10 heteroatoms. The van der Waals surface area contributed by atoms with Gasteiger partial charge >= 0.3 is 6.18 Å². The van der Waals surface area contributed by atoms with Crippen molar-refractivity contribution in [2.75, 3.05) is 12.3 Å². The van der Waals surface area contributed by atoms with E-state index in [4.69, 9.17) is 10.8 Å². The largest absolute Gasteiger partial charge is 0.415 e. The number of aliphatic hydroxyl groups excluding tert-OH is 1. The number of hydrogen-bond donors (Lipinski definition) is 3. The van der Waals surface area contributed by atoms with Crippen molar-refractivity contribution in [3.8, 4) is 0 Å². The van der Waals surface area contributed by atoms with Gasteiger partial charge < -0.3 is 10.8 Å². The first-order valence-electron chi connectivity index (χ1n) is 5.25. The molecule has 0 aliphatic heterocycles. The Labute approximate surface area is 112 Å². The van der Waals surface area contributed by atoms with Crippen LogP contribution in [0.4, 0.5) is 23.2 Å².